The van der Waals surface area contributed by atoms with Gasteiger partial charge in [0.2, 0.25) is 0 Å². The molecule has 8 nitrogen and oxygen atoms in total. The lowest BCUT2D eigenvalue weighted by Crippen LogP contribution is -2.20. The van der Waals surface area contributed by atoms with Gasteiger partial charge in [0.25, 0.3) is 15.9 Å². The first kappa shape index (κ1) is 23.0. The largest absolute Gasteiger partial charge is 0.493 e. The molecule has 0 spiro atoms. The van der Waals surface area contributed by atoms with Crippen LogP contribution in [0.3, 0.4) is 0 Å². The van der Waals surface area contributed by atoms with Gasteiger partial charge in [0, 0.05) is 17.4 Å². The summed E-state index contributed by atoms with van der Waals surface area (Å²) in [5.41, 5.74) is 1.58. The molecule has 3 aromatic rings. The highest BCUT2D eigenvalue weighted by atomic mass is 32.2. The normalized spacial score (nSPS) is 10.8. The number of carbonyl (C=O) groups excluding carboxylic acids is 1. The summed E-state index contributed by atoms with van der Waals surface area (Å²) in [6.45, 7) is 1.46. The summed E-state index contributed by atoms with van der Waals surface area (Å²) in [4.78, 5) is 12.4. The number of methoxy groups -OCH3 is 2. The Labute approximate surface area is 187 Å². The first-order valence-electron chi connectivity index (χ1n) is 9.65. The van der Waals surface area contributed by atoms with E-state index < -0.39 is 10.0 Å². The van der Waals surface area contributed by atoms with E-state index >= 15 is 0 Å². The molecule has 0 aliphatic heterocycles. The average molecular weight is 457 g/mol. The van der Waals surface area contributed by atoms with Crippen molar-refractivity contribution in [3.63, 3.8) is 0 Å². The molecule has 32 heavy (non-hydrogen) atoms. The molecule has 1 amide bonds. The van der Waals surface area contributed by atoms with Gasteiger partial charge in [-0.15, -0.1) is 0 Å². The number of hydrogen-bond donors (Lipinski definition) is 2. The summed E-state index contributed by atoms with van der Waals surface area (Å²) >= 11 is 0. The number of benzene rings is 3. The number of para-hydroxylation sites is 1. The number of anilines is 2. The molecule has 0 bridgehead atoms. The molecule has 0 fully saturated rings. The van der Waals surface area contributed by atoms with E-state index in [1.165, 1.54) is 32.4 Å². The van der Waals surface area contributed by atoms with Crippen LogP contribution in [0.2, 0.25) is 0 Å². The van der Waals surface area contributed by atoms with Crippen molar-refractivity contribution in [3.8, 4) is 17.2 Å². The molecule has 0 aliphatic carbocycles. The molecule has 9 heteroatoms. The fraction of sp³-hybridized carbons (Fsp3) is 0.174. The van der Waals surface area contributed by atoms with Crippen molar-refractivity contribution in [1.82, 2.24) is 0 Å². The van der Waals surface area contributed by atoms with Gasteiger partial charge < -0.3 is 19.5 Å². The number of aryl methyl sites for hydroxylation is 1. The molecule has 0 aliphatic rings. The second kappa shape index (κ2) is 10.1. The van der Waals surface area contributed by atoms with Crippen LogP contribution in [0.4, 0.5) is 11.4 Å². The van der Waals surface area contributed by atoms with E-state index in [0.29, 0.717) is 34.2 Å². The van der Waals surface area contributed by atoms with Crippen molar-refractivity contribution >= 4 is 27.3 Å². The Balaban J connectivity index is 1.63. The molecule has 2 N–H and O–H groups in total. The van der Waals surface area contributed by atoms with Gasteiger partial charge in [-0.1, -0.05) is 18.2 Å². The predicted octanol–water partition coefficient (Wildman–Crippen LogP) is 3.83. The molecule has 0 saturated carbocycles. The molecule has 0 saturated heterocycles. The predicted molar refractivity (Wildman–Crippen MR) is 122 cm³/mol. The van der Waals surface area contributed by atoms with E-state index in [4.69, 9.17) is 14.2 Å². The van der Waals surface area contributed by atoms with Crippen molar-refractivity contribution < 1.29 is 27.4 Å². The summed E-state index contributed by atoms with van der Waals surface area (Å²) < 4.78 is 43.7. The van der Waals surface area contributed by atoms with E-state index in [2.05, 4.69) is 10.0 Å². The molecule has 0 heterocycles. The lowest BCUT2D eigenvalue weighted by molar-refractivity contribution is -0.118. The van der Waals surface area contributed by atoms with Crippen molar-refractivity contribution in [2.45, 2.75) is 11.8 Å². The Bertz CT molecular complexity index is 1200. The van der Waals surface area contributed by atoms with Crippen molar-refractivity contribution in [3.05, 3.63) is 72.3 Å². The topological polar surface area (TPSA) is 103 Å². The van der Waals surface area contributed by atoms with Crippen LogP contribution < -0.4 is 24.2 Å². The zero-order valence-electron chi connectivity index (χ0n) is 17.9. The Morgan fingerprint density at radius 3 is 2.19 bits per heavy atom. The third-order valence-electron chi connectivity index (χ3n) is 4.51. The summed E-state index contributed by atoms with van der Waals surface area (Å²) in [6, 6.07) is 18.1. The summed E-state index contributed by atoms with van der Waals surface area (Å²) in [5, 5.41) is 2.72. The average Bonchev–Trinajstić information content (AvgIpc) is 2.78. The van der Waals surface area contributed by atoms with Gasteiger partial charge in [-0.2, -0.15) is 0 Å². The summed E-state index contributed by atoms with van der Waals surface area (Å²) in [7, 11) is -0.707. The van der Waals surface area contributed by atoms with Crippen LogP contribution in [0.15, 0.2) is 71.6 Å². The lowest BCUT2D eigenvalue weighted by Gasteiger charge is -2.13. The van der Waals surface area contributed by atoms with Crippen LogP contribution in [-0.2, 0) is 14.8 Å². The highest BCUT2D eigenvalue weighted by molar-refractivity contribution is 7.92. The van der Waals surface area contributed by atoms with Crippen LogP contribution in [-0.4, -0.2) is 35.2 Å². The maximum Gasteiger partial charge on any atom is 0.262 e. The Hall–Kier alpha value is -3.72. The van der Waals surface area contributed by atoms with Gasteiger partial charge in [-0.25, -0.2) is 8.42 Å². The first-order valence-corrected chi connectivity index (χ1v) is 11.1. The lowest BCUT2D eigenvalue weighted by atomic mass is 10.2. The van der Waals surface area contributed by atoms with E-state index in [9.17, 15) is 13.2 Å². The smallest absolute Gasteiger partial charge is 0.262 e. The van der Waals surface area contributed by atoms with Crippen molar-refractivity contribution in [2.75, 3.05) is 30.9 Å². The fourth-order valence-corrected chi connectivity index (χ4v) is 4.07. The number of amides is 1. The quantitative estimate of drug-likeness (QED) is 0.507. The molecule has 3 rings (SSSR count). The van der Waals surface area contributed by atoms with E-state index in [1.54, 1.807) is 55.5 Å². The SMILES string of the molecule is COc1ccc(NC(=O)COc2ccc(S(=O)(=O)Nc3ccccc3)cc2C)cc1OC. The highest BCUT2D eigenvalue weighted by Gasteiger charge is 2.16. The van der Waals surface area contributed by atoms with Crippen LogP contribution >= 0.6 is 0 Å². The van der Waals surface area contributed by atoms with Gasteiger partial charge in [-0.3, -0.25) is 9.52 Å². The highest BCUT2D eigenvalue weighted by Crippen LogP contribution is 2.30. The minimum absolute atomic E-state index is 0.0981. The molecule has 168 valence electrons. The molecule has 0 aromatic heterocycles. The molecule has 0 radical (unpaired) electrons. The number of hydrogen-bond acceptors (Lipinski definition) is 6. The minimum Gasteiger partial charge on any atom is -0.493 e. The first-order chi connectivity index (χ1) is 15.3. The van der Waals surface area contributed by atoms with Crippen LogP contribution in [0, 0.1) is 6.92 Å². The second-order valence-electron chi connectivity index (χ2n) is 6.81. The van der Waals surface area contributed by atoms with Gasteiger partial charge in [0.15, 0.2) is 18.1 Å². The third kappa shape index (κ3) is 5.70. The zero-order valence-corrected chi connectivity index (χ0v) is 18.7. The van der Waals surface area contributed by atoms with Crippen LogP contribution in [0.1, 0.15) is 5.56 Å². The monoisotopic (exact) mass is 456 g/mol. The molecular weight excluding hydrogens is 432 g/mol. The number of ether oxygens (including phenoxy) is 3. The standard InChI is InChI=1S/C23H24N2O6S/c1-16-13-19(32(27,28)25-17-7-5-4-6-8-17)10-12-20(16)31-15-23(26)24-18-9-11-21(29-2)22(14-18)30-3/h4-14,25H,15H2,1-3H3,(H,24,26). The Morgan fingerprint density at radius 1 is 0.844 bits per heavy atom. The molecule has 3 aromatic carbocycles. The van der Waals surface area contributed by atoms with Crippen LogP contribution in [0.25, 0.3) is 0 Å². The third-order valence-corrected chi connectivity index (χ3v) is 5.89. The van der Waals surface area contributed by atoms with Gasteiger partial charge in [-0.05, 0) is 55.0 Å². The van der Waals surface area contributed by atoms with Crippen molar-refractivity contribution in [2.24, 2.45) is 0 Å². The number of nitrogens with one attached hydrogen (secondary N) is 2. The fourth-order valence-electron chi connectivity index (χ4n) is 2.93. The summed E-state index contributed by atoms with van der Waals surface area (Å²) in [5.74, 6) is 1.07. The molecular formula is C23H24N2O6S. The van der Waals surface area contributed by atoms with E-state index in [-0.39, 0.29) is 17.4 Å². The molecule has 0 unspecified atom stereocenters. The zero-order chi connectivity index (χ0) is 23.1. The number of sulfonamides is 1. The van der Waals surface area contributed by atoms with Gasteiger partial charge in [0.1, 0.15) is 5.75 Å². The maximum atomic E-state index is 12.6. The van der Waals surface area contributed by atoms with Gasteiger partial charge in [0.05, 0.1) is 19.1 Å². The Morgan fingerprint density at radius 2 is 1.53 bits per heavy atom. The molecule has 0 atom stereocenters. The minimum atomic E-state index is -3.74. The van der Waals surface area contributed by atoms with Crippen LogP contribution in [0.5, 0.6) is 17.2 Å². The van der Waals surface area contributed by atoms with Crippen molar-refractivity contribution in [1.29, 1.82) is 0 Å². The number of carbonyl (C=O) groups is 1. The second-order valence-corrected chi connectivity index (χ2v) is 8.49. The van der Waals surface area contributed by atoms with E-state index in [0.717, 1.165) is 0 Å². The number of rotatable bonds is 9. The summed E-state index contributed by atoms with van der Waals surface area (Å²) in [6.07, 6.45) is 0. The maximum absolute atomic E-state index is 12.6. The van der Waals surface area contributed by atoms with Gasteiger partial charge >= 0.3 is 0 Å². The Kier molecular flexibility index (Phi) is 7.21. The van der Waals surface area contributed by atoms with E-state index in [1.807, 2.05) is 0 Å².